The van der Waals surface area contributed by atoms with Gasteiger partial charge in [0, 0.05) is 31.0 Å². The van der Waals surface area contributed by atoms with Crippen molar-refractivity contribution >= 4 is 5.91 Å². The summed E-state index contributed by atoms with van der Waals surface area (Å²) in [4.78, 5) is 14.5. The van der Waals surface area contributed by atoms with Gasteiger partial charge in [0.1, 0.15) is 0 Å². The van der Waals surface area contributed by atoms with Crippen LogP contribution in [0.15, 0.2) is 0 Å². The first kappa shape index (κ1) is 15.5. The Morgan fingerprint density at radius 1 is 1.50 bits per heavy atom. The second-order valence-corrected chi connectivity index (χ2v) is 6.39. The first-order valence-corrected chi connectivity index (χ1v) is 8.22. The van der Waals surface area contributed by atoms with Crippen LogP contribution < -0.4 is 0 Å². The van der Waals surface area contributed by atoms with Crippen LogP contribution in [0.25, 0.3) is 0 Å². The number of aryl methyl sites for hydroxylation is 1. The number of hydrogen-bond acceptors (Lipinski definition) is 4. The summed E-state index contributed by atoms with van der Waals surface area (Å²) in [6.45, 7) is 5.92. The van der Waals surface area contributed by atoms with Gasteiger partial charge >= 0.3 is 0 Å². The summed E-state index contributed by atoms with van der Waals surface area (Å²) in [6, 6.07) is 0. The number of rotatable bonds is 2. The van der Waals surface area contributed by atoms with E-state index >= 15 is 0 Å². The minimum absolute atomic E-state index is 0.0198. The molecule has 2 aliphatic heterocycles. The van der Waals surface area contributed by atoms with Crippen LogP contribution in [0.2, 0.25) is 0 Å². The molecule has 22 heavy (non-hydrogen) atoms. The predicted molar refractivity (Wildman–Crippen MR) is 81.8 cm³/mol. The third-order valence-corrected chi connectivity index (χ3v) is 5.18. The molecule has 2 N–H and O–H groups in total. The Hall–Kier alpha value is -1.40. The average Bonchev–Trinajstić information content (AvgIpc) is 2.91. The minimum Gasteiger partial charge on any atom is -0.390 e. The number of carbonyl (C=O) groups is 1. The lowest BCUT2D eigenvalue weighted by molar-refractivity contribution is -0.174. The van der Waals surface area contributed by atoms with Gasteiger partial charge in [0.25, 0.3) is 5.91 Å². The van der Waals surface area contributed by atoms with Crippen molar-refractivity contribution in [1.82, 2.24) is 15.1 Å². The molecule has 0 saturated carbocycles. The fraction of sp³-hybridized carbons (Fsp3) is 0.750. The van der Waals surface area contributed by atoms with Gasteiger partial charge in [-0.3, -0.25) is 9.89 Å². The van der Waals surface area contributed by atoms with E-state index < -0.39 is 11.7 Å². The highest BCUT2D eigenvalue weighted by atomic mass is 16.5. The van der Waals surface area contributed by atoms with Crippen LogP contribution in [0.5, 0.6) is 0 Å². The average molecular weight is 307 g/mol. The van der Waals surface area contributed by atoms with E-state index in [1.54, 1.807) is 0 Å². The van der Waals surface area contributed by atoms with Gasteiger partial charge in [0.15, 0.2) is 5.69 Å². The third kappa shape index (κ3) is 2.54. The molecule has 0 radical (unpaired) electrons. The van der Waals surface area contributed by atoms with Gasteiger partial charge in [0.05, 0.1) is 11.7 Å². The molecule has 6 nitrogen and oxygen atoms in total. The van der Waals surface area contributed by atoms with Crippen molar-refractivity contribution < 1.29 is 14.6 Å². The van der Waals surface area contributed by atoms with Crippen LogP contribution in [0, 0.1) is 6.92 Å². The number of likely N-dealkylation sites (tertiary alicyclic amines) is 1. The van der Waals surface area contributed by atoms with Gasteiger partial charge < -0.3 is 14.7 Å². The molecule has 6 heteroatoms. The quantitative estimate of drug-likeness (QED) is 0.866. The van der Waals surface area contributed by atoms with E-state index in [4.69, 9.17) is 4.74 Å². The molecule has 122 valence electrons. The van der Waals surface area contributed by atoms with E-state index in [9.17, 15) is 9.90 Å². The van der Waals surface area contributed by atoms with Crippen LogP contribution in [0.4, 0.5) is 0 Å². The van der Waals surface area contributed by atoms with Crippen molar-refractivity contribution in [3.63, 3.8) is 0 Å². The molecule has 0 aromatic carbocycles. The Labute approximate surface area is 130 Å². The fourth-order valence-corrected chi connectivity index (χ4v) is 3.61. The molecule has 0 bridgehead atoms. The lowest BCUT2D eigenvalue weighted by Gasteiger charge is -2.46. The number of amides is 1. The van der Waals surface area contributed by atoms with Gasteiger partial charge in [-0.1, -0.05) is 6.92 Å². The maximum atomic E-state index is 12.6. The molecule has 2 fully saturated rings. The standard InChI is InChI=1S/C16H25N3O3/c1-3-12-11(2)14(18-17-12)15(21)19-8-6-16(7-9-19)13(20)5-4-10-22-16/h13,20H,3-10H2,1-2H3,(H,17,18)/t13-/m0/s1. The summed E-state index contributed by atoms with van der Waals surface area (Å²) in [7, 11) is 0. The summed E-state index contributed by atoms with van der Waals surface area (Å²) in [5.74, 6) is -0.0198. The van der Waals surface area contributed by atoms with Crippen LogP contribution in [0.3, 0.4) is 0 Å². The van der Waals surface area contributed by atoms with Gasteiger partial charge in [0.2, 0.25) is 0 Å². The van der Waals surface area contributed by atoms with E-state index in [2.05, 4.69) is 10.2 Å². The Morgan fingerprint density at radius 3 is 2.82 bits per heavy atom. The maximum Gasteiger partial charge on any atom is 0.274 e. The lowest BCUT2D eigenvalue weighted by atomic mass is 9.82. The molecule has 3 rings (SSSR count). The van der Waals surface area contributed by atoms with Crippen molar-refractivity contribution in [3.8, 4) is 0 Å². The number of hydrogen-bond donors (Lipinski definition) is 2. The number of carbonyl (C=O) groups excluding carboxylic acids is 1. The van der Waals surface area contributed by atoms with Gasteiger partial charge in [-0.2, -0.15) is 5.10 Å². The van der Waals surface area contributed by atoms with Crippen LogP contribution in [-0.4, -0.2) is 57.5 Å². The Kier molecular flexibility index (Phi) is 4.23. The molecule has 2 aliphatic rings. The summed E-state index contributed by atoms with van der Waals surface area (Å²) >= 11 is 0. The predicted octanol–water partition coefficient (Wildman–Crippen LogP) is 1.43. The van der Waals surface area contributed by atoms with Gasteiger partial charge in [-0.25, -0.2) is 0 Å². The summed E-state index contributed by atoms with van der Waals surface area (Å²) in [6.07, 6.45) is 3.55. The highest BCUT2D eigenvalue weighted by Crippen LogP contribution is 2.35. The molecular weight excluding hydrogens is 282 g/mol. The zero-order valence-corrected chi connectivity index (χ0v) is 13.4. The van der Waals surface area contributed by atoms with E-state index in [1.807, 2.05) is 18.7 Å². The molecular formula is C16H25N3O3. The highest BCUT2D eigenvalue weighted by Gasteiger charge is 2.44. The van der Waals surface area contributed by atoms with E-state index in [0.717, 1.165) is 30.5 Å². The SMILES string of the molecule is CCc1[nH]nc(C(=O)N2CCC3(CC2)OCCC[C@@H]3O)c1C. The maximum absolute atomic E-state index is 12.6. The Bertz CT molecular complexity index is 547. The molecule has 1 aromatic heterocycles. The third-order valence-electron chi connectivity index (χ3n) is 5.18. The lowest BCUT2D eigenvalue weighted by Crippen LogP contribution is -2.56. The van der Waals surface area contributed by atoms with E-state index in [1.165, 1.54) is 0 Å². The number of aliphatic hydroxyl groups excluding tert-OH is 1. The Balaban J connectivity index is 1.68. The molecule has 0 aliphatic carbocycles. The van der Waals surface area contributed by atoms with Crippen LogP contribution >= 0.6 is 0 Å². The fourth-order valence-electron chi connectivity index (χ4n) is 3.61. The first-order valence-electron chi connectivity index (χ1n) is 8.22. The summed E-state index contributed by atoms with van der Waals surface area (Å²) in [5.41, 5.74) is 2.05. The number of ether oxygens (including phenoxy) is 1. The monoisotopic (exact) mass is 307 g/mol. The normalized spacial score (nSPS) is 24.7. The molecule has 0 unspecified atom stereocenters. The summed E-state index contributed by atoms with van der Waals surface area (Å²) < 4.78 is 5.89. The largest absolute Gasteiger partial charge is 0.390 e. The molecule has 1 aromatic rings. The second kappa shape index (κ2) is 6.01. The number of piperidine rings is 1. The number of aliphatic hydroxyl groups is 1. The number of H-pyrrole nitrogens is 1. The summed E-state index contributed by atoms with van der Waals surface area (Å²) in [5, 5.41) is 17.4. The van der Waals surface area contributed by atoms with Crippen molar-refractivity contribution in [3.05, 3.63) is 17.0 Å². The zero-order chi connectivity index (χ0) is 15.7. The van der Waals surface area contributed by atoms with Crippen LogP contribution in [-0.2, 0) is 11.2 Å². The smallest absolute Gasteiger partial charge is 0.274 e. The zero-order valence-electron chi connectivity index (χ0n) is 13.4. The second-order valence-electron chi connectivity index (χ2n) is 6.39. The number of aromatic amines is 1. The van der Waals surface area contributed by atoms with Crippen molar-refractivity contribution in [2.75, 3.05) is 19.7 Å². The number of nitrogens with zero attached hydrogens (tertiary/aromatic N) is 2. The van der Waals surface area contributed by atoms with Crippen LogP contribution in [0.1, 0.15) is 54.4 Å². The first-order chi connectivity index (χ1) is 10.6. The minimum atomic E-state index is -0.440. The number of nitrogens with one attached hydrogen (secondary N) is 1. The van der Waals surface area contributed by atoms with E-state index in [-0.39, 0.29) is 5.91 Å². The molecule has 3 heterocycles. The van der Waals surface area contributed by atoms with Crippen molar-refractivity contribution in [2.24, 2.45) is 0 Å². The molecule has 1 amide bonds. The van der Waals surface area contributed by atoms with E-state index in [0.29, 0.717) is 38.2 Å². The number of aromatic nitrogens is 2. The topological polar surface area (TPSA) is 78.5 Å². The molecule has 1 atom stereocenters. The molecule has 2 saturated heterocycles. The highest BCUT2D eigenvalue weighted by molar-refractivity contribution is 5.94. The molecule has 1 spiro atoms. The van der Waals surface area contributed by atoms with Crippen molar-refractivity contribution in [2.45, 2.75) is 57.7 Å². The van der Waals surface area contributed by atoms with Gasteiger partial charge in [-0.15, -0.1) is 0 Å². The van der Waals surface area contributed by atoms with Gasteiger partial charge in [-0.05, 0) is 39.0 Å². The van der Waals surface area contributed by atoms with Crippen molar-refractivity contribution in [1.29, 1.82) is 0 Å². The Morgan fingerprint density at radius 2 is 2.23 bits per heavy atom.